The fourth-order valence-corrected chi connectivity index (χ4v) is 6.04. The van der Waals surface area contributed by atoms with Crippen LogP contribution in [0.1, 0.15) is 32.6 Å². The zero-order valence-electron chi connectivity index (χ0n) is 13.9. The molecular weight excluding hydrogens is 297 g/mol. The van der Waals surface area contributed by atoms with Crippen LogP contribution in [0, 0.1) is 0 Å². The molecule has 1 unspecified atom stereocenters. The van der Waals surface area contributed by atoms with E-state index in [-0.39, 0.29) is 0 Å². The van der Waals surface area contributed by atoms with E-state index in [1.165, 1.54) is 36.3 Å². The predicted molar refractivity (Wildman–Crippen MR) is 103 cm³/mol. The Morgan fingerprint density at radius 3 is 2.00 bits per heavy atom. The molecule has 1 heterocycles. The van der Waals surface area contributed by atoms with Gasteiger partial charge in [-0.25, -0.2) is 0 Å². The van der Waals surface area contributed by atoms with E-state index in [9.17, 15) is 0 Å². The van der Waals surface area contributed by atoms with Crippen LogP contribution in [-0.2, 0) is 0 Å². The molecule has 1 saturated heterocycles. The van der Waals surface area contributed by atoms with Crippen molar-refractivity contribution in [2.24, 2.45) is 0 Å². The lowest BCUT2D eigenvalue weighted by Crippen LogP contribution is -2.18. The quantitative estimate of drug-likeness (QED) is 0.290. The summed E-state index contributed by atoms with van der Waals surface area (Å²) in [4.78, 5) is 0. The summed E-state index contributed by atoms with van der Waals surface area (Å²) in [5, 5.41) is 2.89. The second-order valence-corrected chi connectivity index (χ2v) is 8.27. The smallest absolute Gasteiger partial charge is 0.0481 e. The van der Waals surface area contributed by atoms with E-state index in [1.54, 1.807) is 0 Å². The van der Waals surface area contributed by atoms with Gasteiger partial charge in [0.25, 0.3) is 0 Å². The highest BCUT2D eigenvalue weighted by Crippen LogP contribution is 2.53. The summed E-state index contributed by atoms with van der Waals surface area (Å²) in [7, 11) is -0.442. The van der Waals surface area contributed by atoms with Gasteiger partial charge in [0.2, 0.25) is 0 Å². The Kier molecular flexibility index (Phi) is 5.65. The predicted octanol–water partition coefficient (Wildman–Crippen LogP) is 4.85. The van der Waals surface area contributed by atoms with Crippen molar-refractivity contribution >= 4 is 18.7 Å². The van der Waals surface area contributed by atoms with E-state index in [0.717, 1.165) is 0 Å². The molecule has 0 N–H and O–H groups in total. The third-order valence-electron chi connectivity index (χ3n) is 4.53. The molecule has 2 aromatic rings. The van der Waals surface area contributed by atoms with Crippen LogP contribution >= 0.6 is 8.07 Å². The van der Waals surface area contributed by atoms with E-state index < -0.39 is 8.07 Å². The van der Waals surface area contributed by atoms with Crippen LogP contribution in [0.15, 0.2) is 73.3 Å². The van der Waals surface area contributed by atoms with Crippen molar-refractivity contribution in [3.63, 3.8) is 0 Å². The normalized spacial score (nSPS) is 23.0. The van der Waals surface area contributed by atoms with E-state index in [4.69, 9.17) is 0 Å². The third kappa shape index (κ3) is 3.74. The van der Waals surface area contributed by atoms with Crippen molar-refractivity contribution in [1.29, 1.82) is 0 Å². The first kappa shape index (κ1) is 16.4. The molecule has 2 heteroatoms. The lowest BCUT2D eigenvalue weighted by Gasteiger charge is -2.21. The molecule has 0 bridgehead atoms. The van der Waals surface area contributed by atoms with Crippen LogP contribution in [0.2, 0.25) is 0 Å². The summed E-state index contributed by atoms with van der Waals surface area (Å²) in [5.41, 5.74) is 0. The van der Waals surface area contributed by atoms with Crippen LogP contribution in [0.4, 0.5) is 0 Å². The van der Waals surface area contributed by atoms with Crippen LogP contribution < -0.4 is 10.6 Å². The molecule has 0 aliphatic carbocycles. The van der Waals surface area contributed by atoms with E-state index in [2.05, 4.69) is 84.9 Å². The molecule has 1 nitrogen and oxygen atoms in total. The second kappa shape index (κ2) is 7.90. The van der Waals surface area contributed by atoms with Crippen LogP contribution in [0.25, 0.3) is 0 Å². The Morgan fingerprint density at radius 1 is 0.957 bits per heavy atom. The maximum Gasteiger partial charge on any atom is 0.0481 e. The molecule has 3 rings (SSSR count). The van der Waals surface area contributed by atoms with Crippen molar-refractivity contribution in [1.82, 2.24) is 4.67 Å². The summed E-state index contributed by atoms with van der Waals surface area (Å²) >= 11 is 0. The maximum absolute atomic E-state index is 4.09. The van der Waals surface area contributed by atoms with Gasteiger partial charge in [-0.05, 0) is 17.0 Å². The third-order valence-corrected chi connectivity index (χ3v) is 7.13. The summed E-state index contributed by atoms with van der Waals surface area (Å²) < 4.78 is 2.70. The van der Waals surface area contributed by atoms with Gasteiger partial charge in [-0.2, -0.15) is 0 Å². The first-order valence-corrected chi connectivity index (χ1v) is 9.97. The molecule has 0 aromatic heterocycles. The highest BCUT2D eigenvalue weighted by molar-refractivity contribution is 7.71. The SMILES string of the molecule is C=C[C@@H]1[C@@H](CCCCC)N1P(c1ccccc1)c1ccccc1. The number of hydrogen-bond acceptors (Lipinski definition) is 1. The zero-order valence-corrected chi connectivity index (χ0v) is 14.8. The molecule has 0 saturated carbocycles. The summed E-state index contributed by atoms with van der Waals surface area (Å²) in [6, 6.07) is 23.2. The Balaban J connectivity index is 1.86. The maximum atomic E-state index is 4.09. The standard InChI is InChI=1S/C21H26NP/c1-3-5-8-17-21-20(4-2)22(21)23(18-13-9-6-10-14-18)19-15-11-7-12-16-19/h4,6-7,9-16,20-21H,2-3,5,8,17H2,1H3/t20-,21-,22?/m1/s1. The average Bonchev–Trinajstić information content (AvgIpc) is 3.30. The lowest BCUT2D eigenvalue weighted by molar-refractivity contribution is 0.625. The molecule has 0 radical (unpaired) electrons. The van der Waals surface area contributed by atoms with Gasteiger partial charge in [-0.3, -0.25) is 4.67 Å². The topological polar surface area (TPSA) is 3.01 Å². The molecule has 1 aliphatic rings. The molecule has 120 valence electrons. The van der Waals surface area contributed by atoms with Crippen LogP contribution in [0.3, 0.4) is 0 Å². The van der Waals surface area contributed by atoms with Gasteiger partial charge in [0.15, 0.2) is 0 Å². The molecule has 3 atom stereocenters. The Hall–Kier alpha value is -1.43. The first-order valence-electron chi connectivity index (χ1n) is 8.68. The summed E-state index contributed by atoms with van der Waals surface area (Å²) in [5.74, 6) is 0. The van der Waals surface area contributed by atoms with E-state index >= 15 is 0 Å². The number of rotatable bonds is 8. The van der Waals surface area contributed by atoms with E-state index in [1.807, 2.05) is 0 Å². The number of hydrogen-bond donors (Lipinski definition) is 0. The Morgan fingerprint density at radius 2 is 1.52 bits per heavy atom. The summed E-state index contributed by atoms with van der Waals surface area (Å²) in [6.07, 6.45) is 7.40. The first-order chi connectivity index (χ1) is 11.4. The largest absolute Gasteiger partial charge is 0.261 e. The highest BCUT2D eigenvalue weighted by atomic mass is 31.1. The molecule has 0 amide bonds. The fraction of sp³-hybridized carbons (Fsp3) is 0.333. The highest BCUT2D eigenvalue weighted by Gasteiger charge is 2.49. The van der Waals surface area contributed by atoms with Gasteiger partial charge < -0.3 is 0 Å². The fourth-order valence-electron chi connectivity index (χ4n) is 3.29. The van der Waals surface area contributed by atoms with Gasteiger partial charge in [-0.1, -0.05) is 92.9 Å². The molecule has 0 spiro atoms. The van der Waals surface area contributed by atoms with Crippen molar-refractivity contribution < 1.29 is 0 Å². The molecule has 23 heavy (non-hydrogen) atoms. The van der Waals surface area contributed by atoms with Crippen LogP contribution in [0.5, 0.6) is 0 Å². The number of nitrogens with zero attached hydrogens (tertiary/aromatic N) is 1. The Labute approximate surface area is 141 Å². The molecular formula is C21H26NP. The van der Waals surface area contributed by atoms with Crippen molar-refractivity contribution in [3.8, 4) is 0 Å². The van der Waals surface area contributed by atoms with Crippen molar-refractivity contribution in [3.05, 3.63) is 73.3 Å². The van der Waals surface area contributed by atoms with Gasteiger partial charge in [0.1, 0.15) is 0 Å². The van der Waals surface area contributed by atoms with Crippen LogP contribution in [-0.4, -0.2) is 16.8 Å². The van der Waals surface area contributed by atoms with Gasteiger partial charge in [-0.15, -0.1) is 6.58 Å². The molecule has 2 aromatic carbocycles. The zero-order chi connectivity index (χ0) is 16.1. The molecule has 1 fully saturated rings. The van der Waals surface area contributed by atoms with Gasteiger partial charge >= 0.3 is 0 Å². The number of unbranched alkanes of at least 4 members (excludes halogenated alkanes) is 2. The minimum absolute atomic E-state index is 0.442. The summed E-state index contributed by atoms with van der Waals surface area (Å²) in [6.45, 7) is 6.36. The van der Waals surface area contributed by atoms with Crippen molar-refractivity contribution in [2.75, 3.05) is 0 Å². The number of benzene rings is 2. The van der Waals surface area contributed by atoms with Gasteiger partial charge in [0.05, 0.1) is 0 Å². The van der Waals surface area contributed by atoms with Crippen molar-refractivity contribution in [2.45, 2.75) is 44.7 Å². The average molecular weight is 323 g/mol. The molecule has 1 aliphatic heterocycles. The Bertz CT molecular complexity index is 571. The second-order valence-electron chi connectivity index (χ2n) is 6.15. The monoisotopic (exact) mass is 323 g/mol. The minimum atomic E-state index is -0.442. The minimum Gasteiger partial charge on any atom is -0.261 e. The van der Waals surface area contributed by atoms with Gasteiger partial charge in [0, 0.05) is 20.2 Å². The lowest BCUT2D eigenvalue weighted by atomic mass is 10.1. The van der Waals surface area contributed by atoms with E-state index in [0.29, 0.717) is 12.1 Å².